The maximum Gasteiger partial charge on any atom is 0.272 e. The molecule has 0 unspecified atom stereocenters. The van der Waals surface area contributed by atoms with Gasteiger partial charge < -0.3 is 4.90 Å². The normalized spacial score (nSPS) is 10.8. The first-order valence-electron chi connectivity index (χ1n) is 6.94. The van der Waals surface area contributed by atoms with E-state index in [0.717, 1.165) is 36.6 Å². The molecule has 3 nitrogen and oxygen atoms in total. The molecule has 0 N–H and O–H groups in total. The first-order chi connectivity index (χ1) is 9.63. The van der Waals surface area contributed by atoms with Gasteiger partial charge in [-0.15, -0.1) is 0 Å². The standard InChI is InChI=1S/C16H19ClN2O/c1-3-4-7-10-19(2)16(20)14-11-12-8-5-6-9-13(12)15(17)18-14/h5-6,8-9,11H,3-4,7,10H2,1-2H3. The summed E-state index contributed by atoms with van der Waals surface area (Å²) in [6.07, 6.45) is 3.28. The van der Waals surface area contributed by atoms with Crippen LogP contribution in [0.2, 0.25) is 5.15 Å². The number of rotatable bonds is 5. The maximum atomic E-state index is 12.3. The van der Waals surface area contributed by atoms with Crippen molar-refractivity contribution in [2.75, 3.05) is 13.6 Å². The highest BCUT2D eigenvalue weighted by atomic mass is 35.5. The average molecular weight is 291 g/mol. The largest absolute Gasteiger partial charge is 0.340 e. The predicted molar refractivity (Wildman–Crippen MR) is 83.2 cm³/mol. The Balaban J connectivity index is 2.22. The van der Waals surface area contributed by atoms with Gasteiger partial charge in [0.25, 0.3) is 5.91 Å². The Morgan fingerprint density at radius 2 is 2.05 bits per heavy atom. The second-order valence-corrected chi connectivity index (χ2v) is 5.31. The van der Waals surface area contributed by atoms with Gasteiger partial charge in [0.05, 0.1) is 0 Å². The highest BCUT2D eigenvalue weighted by Gasteiger charge is 2.15. The summed E-state index contributed by atoms with van der Waals surface area (Å²) in [4.78, 5) is 18.3. The molecule has 0 fully saturated rings. The van der Waals surface area contributed by atoms with Gasteiger partial charge in [0.15, 0.2) is 0 Å². The lowest BCUT2D eigenvalue weighted by Gasteiger charge is -2.17. The molecule has 1 heterocycles. The van der Waals surface area contributed by atoms with Gasteiger partial charge >= 0.3 is 0 Å². The van der Waals surface area contributed by atoms with E-state index < -0.39 is 0 Å². The molecule has 0 aliphatic carbocycles. The Labute approximate surface area is 124 Å². The van der Waals surface area contributed by atoms with Crippen LogP contribution in [-0.4, -0.2) is 29.4 Å². The average Bonchev–Trinajstić information content (AvgIpc) is 2.46. The molecule has 0 atom stereocenters. The Bertz CT molecular complexity index is 612. The van der Waals surface area contributed by atoms with Crippen LogP contribution in [0.15, 0.2) is 30.3 Å². The molecule has 2 rings (SSSR count). The number of nitrogens with zero attached hydrogens (tertiary/aromatic N) is 2. The highest BCUT2D eigenvalue weighted by molar-refractivity contribution is 6.34. The summed E-state index contributed by atoms with van der Waals surface area (Å²) in [7, 11) is 1.81. The van der Waals surface area contributed by atoms with Crippen LogP contribution in [-0.2, 0) is 0 Å². The molecule has 4 heteroatoms. The van der Waals surface area contributed by atoms with Crippen LogP contribution in [0.4, 0.5) is 0 Å². The zero-order valence-electron chi connectivity index (χ0n) is 11.9. The van der Waals surface area contributed by atoms with Crippen molar-refractivity contribution in [3.8, 4) is 0 Å². The first-order valence-corrected chi connectivity index (χ1v) is 7.32. The summed E-state index contributed by atoms with van der Waals surface area (Å²) in [5, 5.41) is 2.20. The highest BCUT2D eigenvalue weighted by Crippen LogP contribution is 2.22. The number of halogens is 1. The van der Waals surface area contributed by atoms with E-state index in [4.69, 9.17) is 11.6 Å². The fourth-order valence-corrected chi connectivity index (χ4v) is 2.43. The quantitative estimate of drug-likeness (QED) is 0.612. The number of benzene rings is 1. The van der Waals surface area contributed by atoms with E-state index in [0.29, 0.717) is 10.8 Å². The summed E-state index contributed by atoms with van der Waals surface area (Å²) in [6, 6.07) is 9.49. The summed E-state index contributed by atoms with van der Waals surface area (Å²) in [6.45, 7) is 2.89. The third-order valence-corrected chi connectivity index (χ3v) is 3.64. The summed E-state index contributed by atoms with van der Waals surface area (Å²) in [5.41, 5.74) is 0.410. The zero-order valence-corrected chi connectivity index (χ0v) is 12.7. The Morgan fingerprint density at radius 3 is 2.80 bits per heavy atom. The van der Waals surface area contributed by atoms with Crippen molar-refractivity contribution in [1.82, 2.24) is 9.88 Å². The smallest absolute Gasteiger partial charge is 0.272 e. The molecule has 0 radical (unpaired) electrons. The molecule has 0 aliphatic rings. The van der Waals surface area contributed by atoms with Gasteiger partial charge in [-0.3, -0.25) is 4.79 Å². The zero-order chi connectivity index (χ0) is 14.5. The Morgan fingerprint density at radius 1 is 1.30 bits per heavy atom. The van der Waals surface area contributed by atoms with Crippen molar-refractivity contribution in [2.24, 2.45) is 0 Å². The van der Waals surface area contributed by atoms with E-state index in [9.17, 15) is 4.79 Å². The predicted octanol–water partition coefficient (Wildman–Crippen LogP) is 4.15. The van der Waals surface area contributed by atoms with Crippen LogP contribution in [0.25, 0.3) is 10.8 Å². The molecule has 2 aromatic rings. The number of carbonyl (C=O) groups excluding carboxylic acids is 1. The van der Waals surface area contributed by atoms with Crippen LogP contribution < -0.4 is 0 Å². The molecule has 1 amide bonds. The van der Waals surface area contributed by atoms with Crippen LogP contribution >= 0.6 is 11.6 Å². The lowest BCUT2D eigenvalue weighted by Crippen LogP contribution is -2.28. The maximum absolute atomic E-state index is 12.3. The monoisotopic (exact) mass is 290 g/mol. The van der Waals surface area contributed by atoms with E-state index in [1.807, 2.05) is 31.3 Å². The number of fused-ring (bicyclic) bond motifs is 1. The van der Waals surface area contributed by atoms with E-state index in [1.54, 1.807) is 11.0 Å². The summed E-state index contributed by atoms with van der Waals surface area (Å²) in [5.74, 6) is -0.0752. The first kappa shape index (κ1) is 14.8. The van der Waals surface area contributed by atoms with Crippen molar-refractivity contribution in [2.45, 2.75) is 26.2 Å². The van der Waals surface area contributed by atoms with Crippen molar-refractivity contribution in [3.05, 3.63) is 41.2 Å². The summed E-state index contributed by atoms with van der Waals surface area (Å²) >= 11 is 6.16. The van der Waals surface area contributed by atoms with Gasteiger partial charge in [-0.05, 0) is 17.9 Å². The van der Waals surface area contributed by atoms with Crippen molar-refractivity contribution in [3.63, 3.8) is 0 Å². The molecule has 1 aromatic heterocycles. The number of unbranched alkanes of at least 4 members (excludes halogenated alkanes) is 2. The van der Waals surface area contributed by atoms with Crippen LogP contribution in [0.1, 0.15) is 36.7 Å². The van der Waals surface area contributed by atoms with Crippen LogP contribution in [0.3, 0.4) is 0 Å². The van der Waals surface area contributed by atoms with Gasteiger partial charge in [0.2, 0.25) is 0 Å². The van der Waals surface area contributed by atoms with Gasteiger partial charge in [-0.25, -0.2) is 4.98 Å². The van der Waals surface area contributed by atoms with E-state index in [1.165, 1.54) is 0 Å². The fraction of sp³-hybridized carbons (Fsp3) is 0.375. The van der Waals surface area contributed by atoms with E-state index >= 15 is 0 Å². The molecule has 0 saturated heterocycles. The molecular formula is C16H19ClN2O. The topological polar surface area (TPSA) is 33.2 Å². The molecule has 20 heavy (non-hydrogen) atoms. The molecule has 0 aliphatic heterocycles. The van der Waals surface area contributed by atoms with Crippen molar-refractivity contribution < 1.29 is 4.79 Å². The number of hydrogen-bond donors (Lipinski definition) is 0. The van der Waals surface area contributed by atoms with E-state index in [2.05, 4.69) is 11.9 Å². The number of amides is 1. The van der Waals surface area contributed by atoms with Crippen molar-refractivity contribution >= 4 is 28.3 Å². The van der Waals surface area contributed by atoms with Gasteiger partial charge in [-0.1, -0.05) is 55.6 Å². The number of hydrogen-bond acceptors (Lipinski definition) is 2. The second kappa shape index (κ2) is 6.71. The number of pyridine rings is 1. The summed E-state index contributed by atoms with van der Waals surface area (Å²) < 4.78 is 0. The fourth-order valence-electron chi connectivity index (χ4n) is 2.16. The molecule has 106 valence electrons. The van der Waals surface area contributed by atoms with Gasteiger partial charge in [0, 0.05) is 19.0 Å². The molecule has 0 spiro atoms. The lowest BCUT2D eigenvalue weighted by molar-refractivity contribution is 0.0787. The lowest BCUT2D eigenvalue weighted by atomic mass is 10.1. The molecular weight excluding hydrogens is 272 g/mol. The third-order valence-electron chi connectivity index (χ3n) is 3.36. The van der Waals surface area contributed by atoms with Gasteiger partial charge in [0.1, 0.15) is 10.8 Å². The second-order valence-electron chi connectivity index (χ2n) is 4.95. The molecule has 1 aromatic carbocycles. The van der Waals surface area contributed by atoms with Crippen LogP contribution in [0.5, 0.6) is 0 Å². The van der Waals surface area contributed by atoms with E-state index in [-0.39, 0.29) is 5.91 Å². The third kappa shape index (κ3) is 3.28. The minimum absolute atomic E-state index is 0.0752. The SMILES string of the molecule is CCCCCN(C)C(=O)c1cc2ccccc2c(Cl)n1. The minimum Gasteiger partial charge on any atom is -0.340 e. The van der Waals surface area contributed by atoms with Gasteiger partial charge in [-0.2, -0.15) is 0 Å². The van der Waals surface area contributed by atoms with Crippen LogP contribution in [0, 0.1) is 0 Å². The Kier molecular flexibility index (Phi) is 4.96. The minimum atomic E-state index is -0.0752. The molecule has 0 saturated carbocycles. The number of carbonyl (C=O) groups is 1. The van der Waals surface area contributed by atoms with Crippen molar-refractivity contribution in [1.29, 1.82) is 0 Å². The number of aromatic nitrogens is 1. The molecule has 0 bridgehead atoms. The Hall–Kier alpha value is -1.61.